The Bertz CT molecular complexity index is 1290. The molecule has 0 saturated carbocycles. The topological polar surface area (TPSA) is 150 Å². The average molecular weight is 471 g/mol. The first-order valence-electron chi connectivity index (χ1n) is 9.90. The molecular formula is C22H22N4O6S. The highest BCUT2D eigenvalue weighted by Crippen LogP contribution is 2.09. The SMILES string of the molecule is NS(=O)(=O)c1ccc(CCNC(=O)COC(=O)c2ccc(=O)n(Cc3ccccc3)n2)cc1. The van der Waals surface area contributed by atoms with Crippen molar-refractivity contribution in [3.05, 3.63) is 93.9 Å². The van der Waals surface area contributed by atoms with Crippen LogP contribution in [0.2, 0.25) is 0 Å². The molecule has 0 fully saturated rings. The summed E-state index contributed by atoms with van der Waals surface area (Å²) in [7, 11) is -3.76. The number of esters is 1. The van der Waals surface area contributed by atoms with Crippen molar-refractivity contribution in [2.75, 3.05) is 13.2 Å². The van der Waals surface area contributed by atoms with Crippen LogP contribution < -0.4 is 16.0 Å². The van der Waals surface area contributed by atoms with Crippen molar-refractivity contribution >= 4 is 21.9 Å². The molecule has 1 aromatic heterocycles. The molecule has 0 atom stereocenters. The maximum absolute atomic E-state index is 12.2. The van der Waals surface area contributed by atoms with E-state index in [1.165, 1.54) is 24.3 Å². The van der Waals surface area contributed by atoms with Gasteiger partial charge < -0.3 is 10.1 Å². The molecule has 0 radical (unpaired) electrons. The van der Waals surface area contributed by atoms with E-state index in [-0.39, 0.29) is 29.2 Å². The Morgan fingerprint density at radius 3 is 2.33 bits per heavy atom. The van der Waals surface area contributed by atoms with Gasteiger partial charge in [-0.25, -0.2) is 23.0 Å². The highest BCUT2D eigenvalue weighted by Gasteiger charge is 2.14. The quantitative estimate of drug-likeness (QED) is 0.431. The number of nitrogens with zero attached hydrogens (tertiary/aromatic N) is 2. The summed E-state index contributed by atoms with van der Waals surface area (Å²) < 4.78 is 28.6. The van der Waals surface area contributed by atoms with Crippen molar-refractivity contribution in [1.82, 2.24) is 15.1 Å². The van der Waals surface area contributed by atoms with Crippen LogP contribution in [-0.4, -0.2) is 43.2 Å². The van der Waals surface area contributed by atoms with Crippen LogP contribution in [0.4, 0.5) is 0 Å². The van der Waals surface area contributed by atoms with Crippen LogP contribution in [-0.2, 0) is 32.5 Å². The molecule has 0 unspecified atom stereocenters. The summed E-state index contributed by atoms with van der Waals surface area (Å²) in [5, 5.41) is 11.7. The van der Waals surface area contributed by atoms with Crippen LogP contribution in [0, 0.1) is 0 Å². The van der Waals surface area contributed by atoms with Crippen molar-refractivity contribution in [3.63, 3.8) is 0 Å². The van der Waals surface area contributed by atoms with Gasteiger partial charge in [0.15, 0.2) is 12.3 Å². The van der Waals surface area contributed by atoms with Crippen LogP contribution in [0.5, 0.6) is 0 Å². The van der Waals surface area contributed by atoms with Crippen molar-refractivity contribution < 1.29 is 22.7 Å². The standard InChI is InChI=1S/C22H22N4O6S/c23-33(30,31)18-8-6-16(7-9-18)12-13-24-20(27)15-32-22(29)19-10-11-21(28)26(25-19)14-17-4-2-1-3-5-17/h1-11H,12-15H2,(H,24,27)(H2,23,30,31). The lowest BCUT2D eigenvalue weighted by Gasteiger charge is -2.08. The highest BCUT2D eigenvalue weighted by molar-refractivity contribution is 7.89. The lowest BCUT2D eigenvalue weighted by atomic mass is 10.1. The number of amides is 1. The molecular weight excluding hydrogens is 448 g/mol. The highest BCUT2D eigenvalue weighted by atomic mass is 32.2. The molecule has 172 valence electrons. The zero-order valence-corrected chi connectivity index (χ0v) is 18.3. The molecule has 1 amide bonds. The van der Waals surface area contributed by atoms with Crippen molar-refractivity contribution in [1.29, 1.82) is 0 Å². The minimum Gasteiger partial charge on any atom is -0.451 e. The van der Waals surface area contributed by atoms with Crippen molar-refractivity contribution in [3.8, 4) is 0 Å². The molecule has 0 bridgehead atoms. The third-order valence-corrected chi connectivity index (χ3v) is 5.50. The molecule has 3 N–H and O–H groups in total. The fraction of sp³-hybridized carbons (Fsp3) is 0.182. The van der Waals surface area contributed by atoms with Gasteiger partial charge in [0.2, 0.25) is 10.0 Å². The van der Waals surface area contributed by atoms with Gasteiger partial charge in [-0.3, -0.25) is 9.59 Å². The molecule has 1 heterocycles. The number of hydrogen-bond donors (Lipinski definition) is 2. The molecule has 0 aliphatic carbocycles. The number of rotatable bonds is 9. The number of nitrogens with two attached hydrogens (primary N) is 1. The predicted molar refractivity (Wildman–Crippen MR) is 119 cm³/mol. The normalized spacial score (nSPS) is 11.1. The summed E-state index contributed by atoms with van der Waals surface area (Å²) in [5.74, 6) is -1.34. The number of nitrogens with one attached hydrogen (secondary N) is 1. The van der Waals surface area contributed by atoms with Gasteiger partial charge in [-0.15, -0.1) is 0 Å². The first kappa shape index (κ1) is 23.8. The third-order valence-electron chi connectivity index (χ3n) is 4.57. The number of hydrogen-bond acceptors (Lipinski definition) is 7. The molecule has 33 heavy (non-hydrogen) atoms. The number of benzene rings is 2. The molecule has 0 aliphatic rings. The second-order valence-corrected chi connectivity index (χ2v) is 8.63. The summed E-state index contributed by atoms with van der Waals surface area (Å²) in [5.41, 5.74) is 1.18. The number of ether oxygens (including phenoxy) is 1. The average Bonchev–Trinajstić information content (AvgIpc) is 2.79. The van der Waals surface area contributed by atoms with E-state index in [1.807, 2.05) is 30.3 Å². The number of carbonyl (C=O) groups excluding carboxylic acids is 2. The van der Waals surface area contributed by atoms with Gasteiger partial charge >= 0.3 is 5.97 Å². The summed E-state index contributed by atoms with van der Waals surface area (Å²) in [6, 6.07) is 17.6. The third kappa shape index (κ3) is 7.09. The molecule has 3 aromatic rings. The molecule has 10 nitrogen and oxygen atoms in total. The fourth-order valence-corrected chi connectivity index (χ4v) is 3.39. The Kier molecular flexibility index (Phi) is 7.70. The largest absolute Gasteiger partial charge is 0.451 e. The lowest BCUT2D eigenvalue weighted by Crippen LogP contribution is -2.31. The minimum absolute atomic E-state index is 0.00547. The zero-order chi connectivity index (χ0) is 23.8. The van der Waals surface area contributed by atoms with Crippen LogP contribution in [0.15, 0.2) is 76.4 Å². The molecule has 11 heteroatoms. The maximum Gasteiger partial charge on any atom is 0.359 e. The van der Waals surface area contributed by atoms with Crippen LogP contribution in [0.3, 0.4) is 0 Å². The van der Waals surface area contributed by atoms with E-state index in [1.54, 1.807) is 12.1 Å². The van der Waals surface area contributed by atoms with Gasteiger partial charge in [0.25, 0.3) is 11.5 Å². The minimum atomic E-state index is -3.76. The van der Waals surface area contributed by atoms with Crippen molar-refractivity contribution in [2.24, 2.45) is 5.14 Å². The first-order chi connectivity index (χ1) is 15.7. The number of sulfonamides is 1. The molecule has 2 aromatic carbocycles. The van der Waals surface area contributed by atoms with Gasteiger partial charge in [-0.2, -0.15) is 5.10 Å². The molecule has 3 rings (SSSR count). The summed E-state index contributed by atoms with van der Waals surface area (Å²) in [6.45, 7) is -0.0620. The van der Waals surface area contributed by atoms with E-state index in [0.29, 0.717) is 6.42 Å². The zero-order valence-electron chi connectivity index (χ0n) is 17.5. The van der Waals surface area contributed by atoms with E-state index in [2.05, 4.69) is 10.4 Å². The second kappa shape index (κ2) is 10.7. The smallest absolute Gasteiger partial charge is 0.359 e. The van der Waals surface area contributed by atoms with Gasteiger partial charge in [0.1, 0.15) is 0 Å². The van der Waals surface area contributed by atoms with Crippen LogP contribution in [0.25, 0.3) is 0 Å². The van der Waals surface area contributed by atoms with Crippen LogP contribution in [0.1, 0.15) is 21.6 Å². The Morgan fingerprint density at radius 1 is 0.970 bits per heavy atom. The Morgan fingerprint density at radius 2 is 1.67 bits per heavy atom. The van der Waals surface area contributed by atoms with E-state index >= 15 is 0 Å². The summed E-state index contributed by atoms with van der Waals surface area (Å²) in [4.78, 5) is 36.2. The van der Waals surface area contributed by atoms with Gasteiger partial charge in [-0.1, -0.05) is 42.5 Å². The Balaban J connectivity index is 1.48. The maximum atomic E-state index is 12.2. The van der Waals surface area contributed by atoms with Gasteiger partial charge in [0, 0.05) is 12.6 Å². The van der Waals surface area contributed by atoms with Gasteiger partial charge in [-0.05, 0) is 35.7 Å². The molecule has 0 saturated heterocycles. The van der Waals surface area contributed by atoms with Crippen molar-refractivity contribution in [2.45, 2.75) is 17.9 Å². The second-order valence-electron chi connectivity index (χ2n) is 7.07. The number of aromatic nitrogens is 2. The molecule has 0 spiro atoms. The Hall–Kier alpha value is -3.83. The predicted octanol–water partition coefficient (Wildman–Crippen LogP) is 0.455. The fourth-order valence-electron chi connectivity index (χ4n) is 2.88. The molecule has 0 aliphatic heterocycles. The Labute approximate surface area is 190 Å². The monoisotopic (exact) mass is 470 g/mol. The van der Waals surface area contributed by atoms with Crippen LogP contribution >= 0.6 is 0 Å². The summed E-state index contributed by atoms with van der Waals surface area (Å²) >= 11 is 0. The number of primary sulfonamides is 1. The summed E-state index contributed by atoms with van der Waals surface area (Å²) in [6.07, 6.45) is 0.441. The van der Waals surface area contributed by atoms with Gasteiger partial charge in [0.05, 0.1) is 11.4 Å². The van der Waals surface area contributed by atoms with E-state index < -0.39 is 28.5 Å². The number of carbonyl (C=O) groups is 2. The van der Waals surface area contributed by atoms with E-state index in [0.717, 1.165) is 15.8 Å². The van der Waals surface area contributed by atoms with E-state index in [9.17, 15) is 22.8 Å². The lowest BCUT2D eigenvalue weighted by molar-refractivity contribution is -0.124. The van der Waals surface area contributed by atoms with E-state index in [4.69, 9.17) is 9.88 Å². The first-order valence-corrected chi connectivity index (χ1v) is 11.4.